The molecule has 0 spiro atoms. The molecule has 3 aliphatic heterocycles. The van der Waals surface area contributed by atoms with Crippen molar-refractivity contribution >= 4 is 5.91 Å². The molecular formula is C22H30N6O2. The summed E-state index contributed by atoms with van der Waals surface area (Å²) in [7, 11) is 0. The van der Waals surface area contributed by atoms with Gasteiger partial charge in [0.25, 0.3) is 5.56 Å². The summed E-state index contributed by atoms with van der Waals surface area (Å²) in [6.45, 7) is 5.75. The van der Waals surface area contributed by atoms with E-state index >= 15 is 0 Å². The van der Waals surface area contributed by atoms with E-state index in [1.54, 1.807) is 12.7 Å². The topological polar surface area (TPSA) is 76.3 Å². The number of carbonyl (C=O) groups is 1. The zero-order chi connectivity index (χ0) is 20.5. The van der Waals surface area contributed by atoms with Crippen LogP contribution in [0.15, 0.2) is 29.6 Å². The average molecular weight is 411 g/mol. The van der Waals surface area contributed by atoms with Crippen molar-refractivity contribution in [2.75, 3.05) is 26.2 Å². The van der Waals surface area contributed by atoms with E-state index in [9.17, 15) is 9.59 Å². The SMILES string of the molecule is O=C(CCn1cnnc1)N1C[C@@H]2C[C@H](C1)c1ccc(CN3CCCCC3)c(=O)n1C2. The third-order valence-electron chi connectivity index (χ3n) is 6.93. The minimum Gasteiger partial charge on any atom is -0.342 e. The van der Waals surface area contributed by atoms with E-state index < -0.39 is 0 Å². The van der Waals surface area contributed by atoms with Crippen LogP contribution in [0, 0.1) is 5.92 Å². The van der Waals surface area contributed by atoms with E-state index in [-0.39, 0.29) is 17.4 Å². The van der Waals surface area contributed by atoms with E-state index in [1.165, 1.54) is 19.3 Å². The summed E-state index contributed by atoms with van der Waals surface area (Å²) in [6.07, 6.45) is 8.58. The molecule has 0 aliphatic carbocycles. The molecule has 2 aromatic heterocycles. The summed E-state index contributed by atoms with van der Waals surface area (Å²) in [4.78, 5) is 30.4. The molecule has 0 unspecified atom stereocenters. The highest BCUT2D eigenvalue weighted by atomic mass is 16.2. The molecule has 2 aromatic rings. The van der Waals surface area contributed by atoms with Crippen molar-refractivity contribution in [1.29, 1.82) is 0 Å². The molecule has 2 fully saturated rings. The third kappa shape index (κ3) is 3.93. The zero-order valence-corrected chi connectivity index (χ0v) is 17.4. The van der Waals surface area contributed by atoms with Crippen molar-refractivity contribution in [2.24, 2.45) is 5.92 Å². The Morgan fingerprint density at radius 2 is 1.83 bits per heavy atom. The standard InChI is InChI=1S/C22H30N6O2/c29-21(6-9-26-15-23-24-16-26)27-11-17-10-19(14-27)20-5-4-18(22(30)28(20)12-17)13-25-7-2-1-3-8-25/h4-5,15-17,19H,1-3,6-14H2/t17-,19+/m0/s1. The highest BCUT2D eigenvalue weighted by Gasteiger charge is 2.36. The van der Waals surface area contributed by atoms with Gasteiger partial charge in [0, 0.05) is 56.3 Å². The van der Waals surface area contributed by atoms with Crippen LogP contribution in [-0.2, 0) is 24.4 Å². The Labute approximate surface area is 176 Å². The number of amides is 1. The summed E-state index contributed by atoms with van der Waals surface area (Å²) in [5.74, 6) is 0.794. The van der Waals surface area contributed by atoms with E-state index in [0.29, 0.717) is 25.4 Å². The lowest BCUT2D eigenvalue weighted by atomic mass is 9.83. The van der Waals surface area contributed by atoms with E-state index in [2.05, 4.69) is 21.2 Å². The molecule has 3 aliphatic rings. The highest BCUT2D eigenvalue weighted by molar-refractivity contribution is 5.76. The first-order valence-electron chi connectivity index (χ1n) is 11.2. The minimum atomic E-state index is 0.177. The molecule has 0 radical (unpaired) electrons. The van der Waals surface area contributed by atoms with E-state index in [4.69, 9.17) is 0 Å². The van der Waals surface area contributed by atoms with Crippen molar-refractivity contribution in [1.82, 2.24) is 29.1 Å². The molecule has 0 N–H and O–H groups in total. The number of hydrogen-bond donors (Lipinski definition) is 0. The van der Waals surface area contributed by atoms with Crippen LogP contribution in [-0.4, -0.2) is 61.2 Å². The van der Waals surface area contributed by atoms with Gasteiger partial charge in [0.15, 0.2) is 0 Å². The Bertz CT molecular complexity index is 947. The number of fused-ring (bicyclic) bond motifs is 4. The lowest BCUT2D eigenvalue weighted by Crippen LogP contribution is -2.49. The first-order valence-corrected chi connectivity index (χ1v) is 11.2. The summed E-state index contributed by atoms with van der Waals surface area (Å²) >= 11 is 0. The quantitative estimate of drug-likeness (QED) is 0.746. The molecule has 8 heteroatoms. The monoisotopic (exact) mass is 410 g/mol. The number of rotatable bonds is 5. The fourth-order valence-corrected chi connectivity index (χ4v) is 5.39. The van der Waals surface area contributed by atoms with Gasteiger partial charge in [-0.25, -0.2) is 0 Å². The lowest BCUT2D eigenvalue weighted by molar-refractivity contribution is -0.134. The summed E-state index contributed by atoms with van der Waals surface area (Å²) in [5, 5.41) is 7.58. The summed E-state index contributed by atoms with van der Waals surface area (Å²) in [6, 6.07) is 4.18. The Balaban J connectivity index is 1.28. The Morgan fingerprint density at radius 1 is 1.03 bits per heavy atom. The van der Waals surface area contributed by atoms with Gasteiger partial charge in [-0.3, -0.25) is 14.5 Å². The van der Waals surface area contributed by atoms with Crippen molar-refractivity contribution in [3.63, 3.8) is 0 Å². The molecule has 0 aromatic carbocycles. The Hall–Kier alpha value is -2.48. The van der Waals surface area contributed by atoms with Crippen LogP contribution in [0.4, 0.5) is 0 Å². The fraction of sp³-hybridized carbons (Fsp3) is 0.636. The molecule has 2 saturated heterocycles. The van der Waals surface area contributed by atoms with Crippen LogP contribution < -0.4 is 5.56 Å². The van der Waals surface area contributed by atoms with Gasteiger partial charge in [-0.2, -0.15) is 0 Å². The second kappa shape index (κ2) is 8.34. The van der Waals surface area contributed by atoms with Crippen LogP contribution in [0.5, 0.6) is 0 Å². The lowest BCUT2D eigenvalue weighted by Gasteiger charge is -2.43. The van der Waals surface area contributed by atoms with Gasteiger partial charge in [0.1, 0.15) is 12.7 Å². The van der Waals surface area contributed by atoms with Gasteiger partial charge < -0.3 is 14.0 Å². The molecule has 8 nitrogen and oxygen atoms in total. The second-order valence-corrected chi connectivity index (χ2v) is 9.08. The number of hydrogen-bond acceptors (Lipinski definition) is 5. The molecule has 5 heterocycles. The molecule has 30 heavy (non-hydrogen) atoms. The summed E-state index contributed by atoms with van der Waals surface area (Å²) in [5.41, 5.74) is 2.21. The first-order chi connectivity index (χ1) is 14.7. The zero-order valence-electron chi connectivity index (χ0n) is 17.4. The predicted octanol–water partition coefficient (Wildman–Crippen LogP) is 1.46. The number of pyridine rings is 1. The van der Waals surface area contributed by atoms with Crippen molar-refractivity contribution < 1.29 is 4.79 Å². The van der Waals surface area contributed by atoms with Crippen LogP contribution >= 0.6 is 0 Å². The maximum atomic E-state index is 13.2. The van der Waals surface area contributed by atoms with Crippen molar-refractivity contribution in [3.8, 4) is 0 Å². The Kier molecular flexibility index (Phi) is 5.41. The minimum absolute atomic E-state index is 0.177. The van der Waals surface area contributed by atoms with Crippen molar-refractivity contribution in [3.05, 3.63) is 46.4 Å². The summed E-state index contributed by atoms with van der Waals surface area (Å²) < 4.78 is 3.85. The van der Waals surface area contributed by atoms with Gasteiger partial charge in [0.2, 0.25) is 5.91 Å². The molecule has 5 rings (SSSR count). The van der Waals surface area contributed by atoms with E-state index in [0.717, 1.165) is 50.4 Å². The highest BCUT2D eigenvalue weighted by Crippen LogP contribution is 2.35. The number of piperidine rings is 2. The molecular weight excluding hydrogens is 380 g/mol. The third-order valence-corrected chi connectivity index (χ3v) is 6.93. The average Bonchev–Trinajstić information content (AvgIpc) is 3.29. The largest absolute Gasteiger partial charge is 0.342 e. The fourth-order valence-electron chi connectivity index (χ4n) is 5.39. The smallest absolute Gasteiger partial charge is 0.255 e. The van der Waals surface area contributed by atoms with Gasteiger partial charge in [-0.15, -0.1) is 10.2 Å². The van der Waals surface area contributed by atoms with E-state index in [1.807, 2.05) is 20.1 Å². The van der Waals surface area contributed by atoms with Crippen molar-refractivity contribution in [2.45, 2.75) is 57.7 Å². The van der Waals surface area contributed by atoms with Crippen LogP contribution in [0.3, 0.4) is 0 Å². The van der Waals surface area contributed by atoms with Gasteiger partial charge in [-0.05, 0) is 44.3 Å². The van der Waals surface area contributed by atoms with Gasteiger partial charge in [-0.1, -0.05) is 12.5 Å². The maximum Gasteiger partial charge on any atom is 0.255 e. The van der Waals surface area contributed by atoms with Crippen LogP contribution in [0.2, 0.25) is 0 Å². The normalized spacial score (nSPS) is 23.9. The molecule has 2 bridgehead atoms. The molecule has 2 atom stereocenters. The predicted molar refractivity (Wildman–Crippen MR) is 112 cm³/mol. The molecule has 160 valence electrons. The Morgan fingerprint density at radius 3 is 2.63 bits per heavy atom. The second-order valence-electron chi connectivity index (χ2n) is 9.08. The molecule has 0 saturated carbocycles. The van der Waals surface area contributed by atoms with Gasteiger partial charge in [0.05, 0.1) is 0 Å². The number of nitrogens with zero attached hydrogens (tertiary/aromatic N) is 6. The van der Waals surface area contributed by atoms with Gasteiger partial charge >= 0.3 is 0 Å². The number of aryl methyl sites for hydroxylation is 1. The maximum absolute atomic E-state index is 13.2. The molecule has 1 amide bonds. The van der Waals surface area contributed by atoms with Crippen LogP contribution in [0.25, 0.3) is 0 Å². The van der Waals surface area contributed by atoms with Crippen LogP contribution in [0.1, 0.15) is 49.3 Å². The first kappa shape index (κ1) is 19.5. The number of carbonyl (C=O) groups excluding carboxylic acids is 1. The number of likely N-dealkylation sites (tertiary alicyclic amines) is 2. The number of aromatic nitrogens is 4.